The lowest BCUT2D eigenvalue weighted by Gasteiger charge is -2.12. The molecule has 0 aliphatic carbocycles. The van der Waals surface area contributed by atoms with Crippen LogP contribution in [0.25, 0.3) is 0 Å². The van der Waals surface area contributed by atoms with Gasteiger partial charge in [0.15, 0.2) is 5.16 Å². The molecule has 2 aromatic rings. The van der Waals surface area contributed by atoms with Gasteiger partial charge in [0, 0.05) is 22.5 Å². The van der Waals surface area contributed by atoms with E-state index in [1.54, 1.807) is 4.57 Å². The van der Waals surface area contributed by atoms with Crippen molar-refractivity contribution in [2.75, 3.05) is 0 Å². The van der Waals surface area contributed by atoms with Crippen molar-refractivity contribution in [2.24, 2.45) is 5.73 Å². The fourth-order valence-corrected chi connectivity index (χ4v) is 3.23. The van der Waals surface area contributed by atoms with Crippen LogP contribution in [-0.2, 0) is 13.0 Å². The summed E-state index contributed by atoms with van der Waals surface area (Å²) in [4.78, 5) is 12.7. The minimum absolute atomic E-state index is 0.0415. The van der Waals surface area contributed by atoms with Crippen molar-refractivity contribution in [3.8, 4) is 0 Å². The van der Waals surface area contributed by atoms with Gasteiger partial charge >= 0.3 is 5.69 Å². The number of hydrogen-bond acceptors (Lipinski definition) is 4. The third-order valence-corrected chi connectivity index (χ3v) is 4.28. The van der Waals surface area contributed by atoms with Crippen LogP contribution in [0.15, 0.2) is 33.0 Å². The van der Waals surface area contributed by atoms with E-state index in [0.29, 0.717) is 16.7 Å². The summed E-state index contributed by atoms with van der Waals surface area (Å²) in [6, 6.07) is 5.74. The third-order valence-electron chi connectivity index (χ3n) is 2.94. The molecule has 1 heterocycles. The number of benzene rings is 1. The lowest BCUT2D eigenvalue weighted by Crippen LogP contribution is -2.18. The second-order valence-electron chi connectivity index (χ2n) is 5.00. The first-order chi connectivity index (χ1) is 10.0. The molecule has 3 N–H and O–H groups in total. The van der Waals surface area contributed by atoms with E-state index in [1.165, 1.54) is 11.8 Å². The Hall–Kier alpha value is -1.24. The zero-order valence-corrected chi connectivity index (χ0v) is 13.7. The zero-order chi connectivity index (χ0) is 15.4. The summed E-state index contributed by atoms with van der Waals surface area (Å²) in [5, 5.41) is 7.94. The Balaban J connectivity index is 2.33. The summed E-state index contributed by atoms with van der Waals surface area (Å²) in [5.41, 5.74) is 6.78. The molecule has 2 rings (SSSR count). The predicted molar refractivity (Wildman–Crippen MR) is 86.1 cm³/mol. The van der Waals surface area contributed by atoms with Gasteiger partial charge in [-0.2, -0.15) is 0 Å². The number of aromatic nitrogens is 3. The Labute approximate surface area is 132 Å². The Morgan fingerprint density at radius 3 is 2.95 bits per heavy atom. The van der Waals surface area contributed by atoms with Crippen molar-refractivity contribution in [3.63, 3.8) is 0 Å². The van der Waals surface area contributed by atoms with Gasteiger partial charge in [-0.1, -0.05) is 18.5 Å². The Bertz CT molecular complexity index is 665. The van der Waals surface area contributed by atoms with Crippen molar-refractivity contribution in [1.82, 2.24) is 14.8 Å². The molecule has 0 amide bonds. The number of nitrogens with one attached hydrogen (secondary N) is 1. The third kappa shape index (κ3) is 4.12. The van der Waals surface area contributed by atoms with E-state index in [2.05, 4.69) is 10.2 Å². The second kappa shape index (κ2) is 7.15. The molecule has 1 aromatic carbocycles. The first-order valence-corrected chi connectivity index (χ1v) is 8.07. The Kier molecular flexibility index (Phi) is 5.50. The minimum Gasteiger partial charge on any atom is -0.328 e. The molecular weight excluding hydrogens is 308 g/mol. The van der Waals surface area contributed by atoms with Crippen LogP contribution in [0.4, 0.5) is 0 Å². The van der Waals surface area contributed by atoms with Crippen LogP contribution in [0.2, 0.25) is 5.02 Å². The highest BCUT2D eigenvalue weighted by Gasteiger charge is 2.13. The van der Waals surface area contributed by atoms with E-state index in [0.717, 1.165) is 23.3 Å². The number of nitrogens with zero attached hydrogens (tertiary/aromatic N) is 2. The van der Waals surface area contributed by atoms with Crippen LogP contribution in [-0.4, -0.2) is 20.8 Å². The van der Waals surface area contributed by atoms with Gasteiger partial charge < -0.3 is 5.73 Å². The predicted octanol–water partition coefficient (Wildman–Crippen LogP) is 2.68. The van der Waals surface area contributed by atoms with Crippen molar-refractivity contribution in [2.45, 2.75) is 49.3 Å². The normalized spacial score (nSPS) is 12.6. The molecule has 1 atom stereocenters. The van der Waals surface area contributed by atoms with E-state index >= 15 is 0 Å². The lowest BCUT2D eigenvalue weighted by molar-refractivity contribution is 0.603. The first-order valence-electron chi connectivity index (χ1n) is 6.88. The molecule has 0 fully saturated rings. The molecule has 7 heteroatoms. The number of aromatic amines is 1. The summed E-state index contributed by atoms with van der Waals surface area (Å²) in [7, 11) is 0. The smallest absolute Gasteiger partial charge is 0.328 e. The van der Waals surface area contributed by atoms with Gasteiger partial charge in [0.1, 0.15) is 0 Å². The monoisotopic (exact) mass is 326 g/mol. The molecule has 0 bridgehead atoms. The molecule has 1 unspecified atom stereocenters. The van der Waals surface area contributed by atoms with E-state index in [-0.39, 0.29) is 11.7 Å². The highest BCUT2D eigenvalue weighted by atomic mass is 35.5. The molecular formula is C14H19ClN4OS. The molecule has 21 heavy (non-hydrogen) atoms. The highest BCUT2D eigenvalue weighted by Crippen LogP contribution is 2.31. The molecule has 0 saturated heterocycles. The van der Waals surface area contributed by atoms with Crippen LogP contribution in [0.3, 0.4) is 0 Å². The molecule has 1 aromatic heterocycles. The number of hydrogen-bond donors (Lipinski definition) is 2. The van der Waals surface area contributed by atoms with Crippen molar-refractivity contribution in [3.05, 3.63) is 39.3 Å². The van der Waals surface area contributed by atoms with E-state index in [9.17, 15) is 4.79 Å². The zero-order valence-electron chi connectivity index (χ0n) is 12.1. The summed E-state index contributed by atoms with van der Waals surface area (Å²) >= 11 is 7.52. The number of H-pyrrole nitrogens is 1. The number of nitrogens with two attached hydrogens (primary N) is 1. The van der Waals surface area contributed by atoms with E-state index < -0.39 is 0 Å². The lowest BCUT2D eigenvalue weighted by atomic mass is 10.1. The maximum absolute atomic E-state index is 11.7. The molecule has 0 saturated carbocycles. The van der Waals surface area contributed by atoms with Crippen molar-refractivity contribution < 1.29 is 0 Å². The Morgan fingerprint density at radius 1 is 1.52 bits per heavy atom. The van der Waals surface area contributed by atoms with Crippen LogP contribution in [0.5, 0.6) is 0 Å². The van der Waals surface area contributed by atoms with Crippen molar-refractivity contribution >= 4 is 23.4 Å². The summed E-state index contributed by atoms with van der Waals surface area (Å²) in [5.74, 6) is 0. The van der Waals surface area contributed by atoms with Gasteiger partial charge in [-0.25, -0.2) is 9.89 Å². The van der Waals surface area contributed by atoms with Gasteiger partial charge in [-0.3, -0.25) is 4.57 Å². The molecule has 0 radical (unpaired) electrons. The topological polar surface area (TPSA) is 76.7 Å². The van der Waals surface area contributed by atoms with E-state index in [4.69, 9.17) is 17.3 Å². The van der Waals surface area contributed by atoms with Crippen LogP contribution in [0, 0.1) is 0 Å². The summed E-state index contributed by atoms with van der Waals surface area (Å²) in [6.45, 7) is 4.63. The second-order valence-corrected chi connectivity index (χ2v) is 6.44. The SMILES string of the molecule is CCCn1c(Sc2ccc(Cl)cc2CC(C)N)n[nH]c1=O. The van der Waals surface area contributed by atoms with Gasteiger partial charge in [0.25, 0.3) is 0 Å². The first kappa shape index (κ1) is 16.1. The van der Waals surface area contributed by atoms with Gasteiger partial charge in [0.05, 0.1) is 0 Å². The fourth-order valence-electron chi connectivity index (χ4n) is 2.05. The average molecular weight is 327 g/mol. The summed E-state index contributed by atoms with van der Waals surface area (Å²) < 4.78 is 1.65. The maximum Gasteiger partial charge on any atom is 0.343 e. The quantitative estimate of drug-likeness (QED) is 0.855. The molecule has 0 aliphatic rings. The Morgan fingerprint density at radius 2 is 2.29 bits per heavy atom. The van der Waals surface area contributed by atoms with Crippen LogP contribution in [0.1, 0.15) is 25.8 Å². The van der Waals surface area contributed by atoms with Crippen LogP contribution < -0.4 is 11.4 Å². The minimum atomic E-state index is -0.179. The maximum atomic E-state index is 11.7. The van der Waals surface area contributed by atoms with Crippen molar-refractivity contribution in [1.29, 1.82) is 0 Å². The largest absolute Gasteiger partial charge is 0.343 e. The average Bonchev–Trinajstić information content (AvgIpc) is 2.74. The molecule has 0 spiro atoms. The summed E-state index contributed by atoms with van der Waals surface area (Å²) in [6.07, 6.45) is 1.60. The highest BCUT2D eigenvalue weighted by molar-refractivity contribution is 7.99. The van der Waals surface area contributed by atoms with Crippen LogP contribution >= 0.6 is 23.4 Å². The molecule has 0 aliphatic heterocycles. The molecule has 5 nitrogen and oxygen atoms in total. The van der Waals surface area contributed by atoms with Gasteiger partial charge in [-0.05, 0) is 55.3 Å². The van der Waals surface area contributed by atoms with Gasteiger partial charge in [0.2, 0.25) is 0 Å². The fraction of sp³-hybridized carbons (Fsp3) is 0.429. The number of halogens is 1. The molecule has 114 valence electrons. The van der Waals surface area contributed by atoms with Gasteiger partial charge in [-0.15, -0.1) is 5.10 Å². The standard InChI is InChI=1S/C14H19ClN4OS/c1-3-6-19-13(20)17-18-14(19)21-12-5-4-11(15)8-10(12)7-9(2)16/h4-5,8-9H,3,6-7,16H2,1-2H3,(H,17,20). The van der Waals surface area contributed by atoms with E-state index in [1.807, 2.05) is 32.0 Å². The number of rotatable bonds is 6.